The first-order valence-corrected chi connectivity index (χ1v) is 10.9. The van der Waals surface area contributed by atoms with Gasteiger partial charge in [-0.05, 0) is 29.8 Å². The predicted molar refractivity (Wildman–Crippen MR) is 117 cm³/mol. The minimum atomic E-state index is -4.56. The second kappa shape index (κ2) is 10.1. The van der Waals surface area contributed by atoms with Crippen molar-refractivity contribution in [1.29, 1.82) is 0 Å². The summed E-state index contributed by atoms with van der Waals surface area (Å²) in [6.07, 6.45) is -4.56. The minimum absolute atomic E-state index is 0.0463. The molecular weight excluding hydrogens is 454 g/mol. The Morgan fingerprint density at radius 1 is 1.00 bits per heavy atom. The van der Waals surface area contributed by atoms with E-state index in [9.17, 15) is 27.2 Å². The summed E-state index contributed by atoms with van der Waals surface area (Å²) in [6, 6.07) is 10.6. The zero-order chi connectivity index (χ0) is 24.3. The van der Waals surface area contributed by atoms with Gasteiger partial charge in [-0.15, -0.1) is 0 Å². The smallest absolute Gasteiger partial charge is 0.340 e. The summed E-state index contributed by atoms with van der Waals surface area (Å²) in [5.74, 6) is -1.30. The molecule has 2 heterocycles. The Hall–Kier alpha value is -3.02. The lowest BCUT2D eigenvalue weighted by Gasteiger charge is -2.36. The molecule has 2 aromatic carbocycles. The Morgan fingerprint density at radius 2 is 1.68 bits per heavy atom. The first kappa shape index (κ1) is 24.1. The third-order valence-electron chi connectivity index (χ3n) is 6.09. The Bertz CT molecular complexity index is 1020. The van der Waals surface area contributed by atoms with E-state index in [1.165, 1.54) is 30.3 Å². The van der Waals surface area contributed by atoms with Crippen LogP contribution in [0.2, 0.25) is 0 Å². The molecule has 2 amide bonds. The summed E-state index contributed by atoms with van der Waals surface area (Å²) >= 11 is 0. The fraction of sp³-hybridized carbons (Fsp3) is 0.391. The van der Waals surface area contributed by atoms with E-state index in [2.05, 4.69) is 16.2 Å². The maximum absolute atomic E-state index is 13.2. The van der Waals surface area contributed by atoms with Crippen LogP contribution in [0, 0.1) is 11.7 Å². The number of hydrogen-bond acceptors (Lipinski definition) is 5. The largest absolute Gasteiger partial charge is 0.418 e. The van der Waals surface area contributed by atoms with Crippen LogP contribution in [-0.2, 0) is 15.8 Å². The van der Waals surface area contributed by atoms with E-state index in [-0.39, 0.29) is 35.9 Å². The van der Waals surface area contributed by atoms with Gasteiger partial charge in [-0.25, -0.2) is 9.82 Å². The third kappa shape index (κ3) is 5.54. The molecule has 2 atom stereocenters. The molecule has 2 saturated heterocycles. The Morgan fingerprint density at radius 3 is 2.35 bits per heavy atom. The van der Waals surface area contributed by atoms with Crippen molar-refractivity contribution in [3.8, 4) is 0 Å². The monoisotopic (exact) mass is 479 g/mol. The summed E-state index contributed by atoms with van der Waals surface area (Å²) in [5.41, 5.74) is 5.70. The van der Waals surface area contributed by atoms with E-state index in [0.717, 1.165) is 11.6 Å². The highest BCUT2D eigenvalue weighted by Crippen LogP contribution is 2.34. The molecule has 0 saturated carbocycles. The van der Waals surface area contributed by atoms with Gasteiger partial charge in [0, 0.05) is 32.7 Å². The van der Waals surface area contributed by atoms with Crippen LogP contribution in [0.25, 0.3) is 0 Å². The number of alkyl halides is 3. The molecule has 34 heavy (non-hydrogen) atoms. The summed E-state index contributed by atoms with van der Waals surface area (Å²) < 4.78 is 52.6. The van der Waals surface area contributed by atoms with Crippen molar-refractivity contribution < 1.29 is 27.2 Å². The average molecular weight is 479 g/mol. The number of carbonyl (C=O) groups is 2. The summed E-state index contributed by atoms with van der Waals surface area (Å²) in [6.45, 7) is 2.01. The molecule has 7 nitrogen and oxygen atoms in total. The van der Waals surface area contributed by atoms with Crippen molar-refractivity contribution in [1.82, 2.24) is 20.7 Å². The number of para-hydroxylation sites is 1. The van der Waals surface area contributed by atoms with E-state index >= 15 is 0 Å². The number of benzene rings is 2. The Labute approximate surface area is 194 Å². The highest BCUT2D eigenvalue weighted by atomic mass is 19.4. The second-order valence-corrected chi connectivity index (χ2v) is 8.35. The standard InChI is InChI=1S/C23H25F4N5O2/c24-16-7-5-15(6-8-16)21-17(13-28-30-21)22(34)32-11-9-31(10-12-32)14-20(33)29-19-4-2-1-3-18(19)23(25,26)27/h1-8,17,21,28,30H,9-14H2,(H,29,33). The molecule has 0 aliphatic carbocycles. The number of rotatable bonds is 5. The first-order valence-electron chi connectivity index (χ1n) is 10.9. The van der Waals surface area contributed by atoms with Gasteiger partial charge in [0.1, 0.15) is 5.82 Å². The van der Waals surface area contributed by atoms with Crippen molar-refractivity contribution >= 4 is 17.5 Å². The van der Waals surface area contributed by atoms with Gasteiger partial charge < -0.3 is 10.2 Å². The zero-order valence-electron chi connectivity index (χ0n) is 18.2. The average Bonchev–Trinajstić information content (AvgIpc) is 3.29. The Balaban J connectivity index is 1.30. The molecule has 2 unspecified atom stereocenters. The SMILES string of the molecule is O=C(CN1CCN(C(=O)C2CNNC2c2ccc(F)cc2)CC1)Nc1ccccc1C(F)(F)F. The minimum Gasteiger partial charge on any atom is -0.340 e. The molecule has 2 aliphatic heterocycles. The first-order chi connectivity index (χ1) is 16.2. The normalized spacial score (nSPS) is 21.5. The molecule has 11 heteroatoms. The molecule has 0 radical (unpaired) electrons. The van der Waals surface area contributed by atoms with Crippen molar-refractivity contribution in [2.75, 3.05) is 44.6 Å². The van der Waals surface area contributed by atoms with Crippen LogP contribution >= 0.6 is 0 Å². The van der Waals surface area contributed by atoms with Gasteiger partial charge in [-0.2, -0.15) is 13.2 Å². The van der Waals surface area contributed by atoms with E-state index in [0.29, 0.717) is 32.7 Å². The van der Waals surface area contributed by atoms with Gasteiger partial charge >= 0.3 is 6.18 Å². The summed E-state index contributed by atoms with van der Waals surface area (Å²) in [5, 5.41) is 2.35. The molecule has 2 aromatic rings. The van der Waals surface area contributed by atoms with Gasteiger partial charge in [-0.3, -0.25) is 19.9 Å². The maximum Gasteiger partial charge on any atom is 0.418 e. The summed E-state index contributed by atoms with van der Waals surface area (Å²) in [7, 11) is 0. The lowest BCUT2D eigenvalue weighted by Crippen LogP contribution is -2.52. The fourth-order valence-electron chi connectivity index (χ4n) is 4.31. The third-order valence-corrected chi connectivity index (χ3v) is 6.09. The molecule has 0 bridgehead atoms. The van der Waals surface area contributed by atoms with Crippen LogP contribution in [0.3, 0.4) is 0 Å². The Kier molecular flexibility index (Phi) is 7.15. The van der Waals surface area contributed by atoms with Crippen LogP contribution < -0.4 is 16.2 Å². The highest BCUT2D eigenvalue weighted by Gasteiger charge is 2.38. The lowest BCUT2D eigenvalue weighted by molar-refractivity contribution is -0.137. The molecule has 0 aromatic heterocycles. The number of nitrogens with zero attached hydrogens (tertiary/aromatic N) is 2. The molecule has 2 fully saturated rings. The molecule has 182 valence electrons. The van der Waals surface area contributed by atoms with E-state index in [1.54, 1.807) is 21.9 Å². The number of piperazine rings is 1. The molecule has 2 aliphatic rings. The second-order valence-electron chi connectivity index (χ2n) is 8.35. The topological polar surface area (TPSA) is 76.7 Å². The van der Waals surface area contributed by atoms with E-state index in [4.69, 9.17) is 0 Å². The van der Waals surface area contributed by atoms with Crippen molar-refractivity contribution in [2.45, 2.75) is 12.2 Å². The number of amides is 2. The number of anilines is 1. The number of carbonyl (C=O) groups excluding carboxylic acids is 2. The van der Waals surface area contributed by atoms with Gasteiger partial charge in [-0.1, -0.05) is 24.3 Å². The molecule has 0 spiro atoms. The number of hydrazine groups is 1. The maximum atomic E-state index is 13.2. The van der Waals surface area contributed by atoms with Gasteiger partial charge in [0.25, 0.3) is 0 Å². The van der Waals surface area contributed by atoms with Gasteiger partial charge in [0.15, 0.2) is 0 Å². The quantitative estimate of drug-likeness (QED) is 0.575. The van der Waals surface area contributed by atoms with Gasteiger partial charge in [0.2, 0.25) is 11.8 Å². The van der Waals surface area contributed by atoms with Crippen LogP contribution in [0.1, 0.15) is 17.2 Å². The van der Waals surface area contributed by atoms with E-state index < -0.39 is 17.6 Å². The van der Waals surface area contributed by atoms with Gasteiger partial charge in [0.05, 0.1) is 29.8 Å². The molecule has 3 N–H and O–H groups in total. The number of nitrogens with one attached hydrogen (secondary N) is 3. The summed E-state index contributed by atoms with van der Waals surface area (Å²) in [4.78, 5) is 29.0. The number of halogens is 4. The zero-order valence-corrected chi connectivity index (χ0v) is 18.2. The van der Waals surface area contributed by atoms with Crippen molar-refractivity contribution in [2.24, 2.45) is 5.92 Å². The van der Waals surface area contributed by atoms with Crippen molar-refractivity contribution in [3.05, 3.63) is 65.5 Å². The molecule has 4 rings (SSSR count). The van der Waals surface area contributed by atoms with Crippen molar-refractivity contribution in [3.63, 3.8) is 0 Å². The fourth-order valence-corrected chi connectivity index (χ4v) is 4.31. The highest BCUT2D eigenvalue weighted by molar-refractivity contribution is 5.93. The van der Waals surface area contributed by atoms with Crippen LogP contribution in [0.15, 0.2) is 48.5 Å². The number of hydrogen-bond donors (Lipinski definition) is 3. The van der Waals surface area contributed by atoms with Crippen LogP contribution in [0.5, 0.6) is 0 Å². The predicted octanol–water partition coefficient (Wildman–Crippen LogP) is 2.39. The van der Waals surface area contributed by atoms with Crippen LogP contribution in [-0.4, -0.2) is 60.9 Å². The lowest BCUT2D eigenvalue weighted by atomic mass is 9.93. The van der Waals surface area contributed by atoms with Crippen LogP contribution in [0.4, 0.5) is 23.2 Å². The molecular formula is C23H25F4N5O2. The van der Waals surface area contributed by atoms with E-state index in [1.807, 2.05) is 0 Å².